The summed E-state index contributed by atoms with van der Waals surface area (Å²) in [6.07, 6.45) is 1.68. The van der Waals surface area contributed by atoms with Crippen LogP contribution in [0.4, 0.5) is 11.4 Å². The second kappa shape index (κ2) is 8.27. The topological polar surface area (TPSA) is 62.3 Å². The van der Waals surface area contributed by atoms with Gasteiger partial charge in [-0.2, -0.15) is 0 Å². The zero-order chi connectivity index (χ0) is 19.2. The molecular formula is C22H21N3O2. The molecule has 5 nitrogen and oxygen atoms in total. The molecule has 1 heterocycles. The van der Waals surface area contributed by atoms with E-state index in [0.717, 1.165) is 12.2 Å². The first kappa shape index (κ1) is 18.3. The molecular weight excluding hydrogens is 338 g/mol. The molecule has 3 rings (SSSR count). The van der Waals surface area contributed by atoms with E-state index in [2.05, 4.69) is 27.3 Å². The van der Waals surface area contributed by atoms with Gasteiger partial charge in [-0.25, -0.2) is 4.98 Å². The zero-order valence-corrected chi connectivity index (χ0v) is 15.3. The number of rotatable bonds is 6. The number of hydrogen-bond donors (Lipinski definition) is 1. The molecule has 0 saturated heterocycles. The summed E-state index contributed by atoms with van der Waals surface area (Å²) in [6, 6.07) is 20.6. The van der Waals surface area contributed by atoms with E-state index in [9.17, 15) is 9.59 Å². The number of amides is 1. The maximum Gasteiger partial charge on any atom is 0.274 e. The first-order valence-electron chi connectivity index (χ1n) is 8.66. The number of Topliss-reactive ketones (excluding diaryl/α,β-unsaturated/α-hetero) is 1. The lowest BCUT2D eigenvalue weighted by atomic mass is 10.1. The number of nitrogens with zero attached hydrogens (tertiary/aromatic N) is 2. The first-order valence-corrected chi connectivity index (χ1v) is 8.66. The monoisotopic (exact) mass is 359 g/mol. The van der Waals surface area contributed by atoms with Crippen molar-refractivity contribution in [3.05, 3.63) is 89.7 Å². The number of hydrogen-bond acceptors (Lipinski definition) is 4. The second-order valence-electron chi connectivity index (χ2n) is 6.33. The molecule has 5 heteroatoms. The summed E-state index contributed by atoms with van der Waals surface area (Å²) in [5, 5.41) is 2.77. The van der Waals surface area contributed by atoms with E-state index in [0.29, 0.717) is 16.9 Å². The predicted octanol–water partition coefficient (Wildman–Crippen LogP) is 4.17. The number of benzene rings is 2. The number of carbonyl (C=O) groups excluding carboxylic acids is 2. The van der Waals surface area contributed by atoms with Crippen LogP contribution in [0.25, 0.3) is 0 Å². The lowest BCUT2D eigenvalue weighted by Gasteiger charge is -2.19. The third-order valence-corrected chi connectivity index (χ3v) is 4.21. The smallest absolute Gasteiger partial charge is 0.274 e. The fraction of sp³-hybridized carbons (Fsp3) is 0.136. The molecule has 0 saturated carbocycles. The highest BCUT2D eigenvalue weighted by atomic mass is 16.2. The number of ketones is 1. The van der Waals surface area contributed by atoms with Crippen molar-refractivity contribution in [3.63, 3.8) is 0 Å². The van der Waals surface area contributed by atoms with Crippen molar-refractivity contribution in [2.75, 3.05) is 17.3 Å². The van der Waals surface area contributed by atoms with E-state index >= 15 is 0 Å². The third kappa shape index (κ3) is 4.79. The van der Waals surface area contributed by atoms with Crippen LogP contribution >= 0.6 is 0 Å². The number of carbonyl (C=O) groups is 2. The van der Waals surface area contributed by atoms with Gasteiger partial charge in [0.2, 0.25) is 0 Å². The minimum Gasteiger partial charge on any atom is -0.369 e. The van der Waals surface area contributed by atoms with E-state index < -0.39 is 0 Å². The number of pyridine rings is 1. The quantitative estimate of drug-likeness (QED) is 0.671. The Hall–Kier alpha value is -3.47. The Labute approximate surface area is 158 Å². The molecule has 0 aliphatic carbocycles. The molecule has 1 amide bonds. The third-order valence-electron chi connectivity index (χ3n) is 4.21. The fourth-order valence-electron chi connectivity index (χ4n) is 2.71. The van der Waals surface area contributed by atoms with Crippen molar-refractivity contribution in [3.8, 4) is 0 Å². The van der Waals surface area contributed by atoms with Crippen LogP contribution in [0.5, 0.6) is 0 Å². The van der Waals surface area contributed by atoms with Gasteiger partial charge in [-0.15, -0.1) is 0 Å². The fourth-order valence-corrected chi connectivity index (χ4v) is 2.71. The molecule has 2 aromatic carbocycles. The van der Waals surface area contributed by atoms with Crippen molar-refractivity contribution in [2.45, 2.75) is 13.5 Å². The van der Waals surface area contributed by atoms with Gasteiger partial charge in [0, 0.05) is 24.8 Å². The molecule has 0 bridgehead atoms. The molecule has 1 aromatic heterocycles. The molecule has 0 spiro atoms. The summed E-state index contributed by atoms with van der Waals surface area (Å²) in [5.41, 5.74) is 3.57. The molecule has 136 valence electrons. The van der Waals surface area contributed by atoms with Gasteiger partial charge in [-0.05, 0) is 36.8 Å². The highest BCUT2D eigenvalue weighted by molar-refractivity contribution is 6.04. The maximum absolute atomic E-state index is 12.4. The van der Waals surface area contributed by atoms with Crippen LogP contribution in [0.3, 0.4) is 0 Å². The zero-order valence-electron chi connectivity index (χ0n) is 15.3. The Kier molecular flexibility index (Phi) is 5.61. The molecule has 27 heavy (non-hydrogen) atoms. The van der Waals surface area contributed by atoms with Gasteiger partial charge < -0.3 is 10.2 Å². The molecule has 1 N–H and O–H groups in total. The Bertz CT molecular complexity index is 937. The highest BCUT2D eigenvalue weighted by Crippen LogP contribution is 2.16. The van der Waals surface area contributed by atoms with E-state index in [1.807, 2.05) is 31.3 Å². The Morgan fingerprint density at radius 3 is 2.44 bits per heavy atom. The van der Waals surface area contributed by atoms with Gasteiger partial charge in [-0.3, -0.25) is 9.59 Å². The Balaban J connectivity index is 1.66. The number of anilines is 2. The molecule has 0 aliphatic rings. The average molecular weight is 359 g/mol. The van der Waals surface area contributed by atoms with Gasteiger partial charge in [0.15, 0.2) is 5.78 Å². The molecule has 0 aliphatic heterocycles. The average Bonchev–Trinajstić information content (AvgIpc) is 2.69. The molecule has 0 atom stereocenters. The van der Waals surface area contributed by atoms with Gasteiger partial charge >= 0.3 is 0 Å². The summed E-state index contributed by atoms with van der Waals surface area (Å²) < 4.78 is 0. The Morgan fingerprint density at radius 1 is 1.00 bits per heavy atom. The van der Waals surface area contributed by atoms with E-state index in [-0.39, 0.29) is 11.7 Å². The lowest BCUT2D eigenvalue weighted by molar-refractivity contribution is 0.100. The number of aromatic nitrogens is 1. The standard InChI is InChI=1S/C22H21N3O2/c1-16(26)18-9-6-10-19(13-18)24-22(27)21-12-11-20(14-23-21)25(2)15-17-7-4-3-5-8-17/h3-14H,15H2,1-2H3,(H,24,27). The molecule has 0 radical (unpaired) electrons. The van der Waals surface area contributed by atoms with Crippen molar-refractivity contribution in [1.29, 1.82) is 0 Å². The first-order chi connectivity index (χ1) is 13.0. The van der Waals surface area contributed by atoms with E-state index in [1.165, 1.54) is 12.5 Å². The largest absolute Gasteiger partial charge is 0.369 e. The second-order valence-corrected chi connectivity index (χ2v) is 6.33. The normalized spacial score (nSPS) is 10.3. The minimum absolute atomic E-state index is 0.0463. The van der Waals surface area contributed by atoms with Crippen molar-refractivity contribution >= 4 is 23.1 Å². The van der Waals surface area contributed by atoms with E-state index in [1.54, 1.807) is 36.5 Å². The molecule has 0 fully saturated rings. The van der Waals surface area contributed by atoms with Crippen LogP contribution in [0, 0.1) is 0 Å². The van der Waals surface area contributed by atoms with Crippen LogP contribution in [0.2, 0.25) is 0 Å². The Morgan fingerprint density at radius 2 is 1.78 bits per heavy atom. The summed E-state index contributed by atoms with van der Waals surface area (Å²) in [7, 11) is 1.98. The van der Waals surface area contributed by atoms with Gasteiger partial charge in [0.1, 0.15) is 5.69 Å². The van der Waals surface area contributed by atoms with Crippen LogP contribution in [-0.2, 0) is 6.54 Å². The minimum atomic E-state index is -0.312. The van der Waals surface area contributed by atoms with Crippen LogP contribution < -0.4 is 10.2 Å². The predicted molar refractivity (Wildman–Crippen MR) is 107 cm³/mol. The van der Waals surface area contributed by atoms with E-state index in [4.69, 9.17) is 0 Å². The maximum atomic E-state index is 12.4. The summed E-state index contributed by atoms with van der Waals surface area (Å²) in [5.74, 6) is -0.358. The van der Waals surface area contributed by atoms with Crippen molar-refractivity contribution in [2.24, 2.45) is 0 Å². The van der Waals surface area contributed by atoms with Crippen molar-refractivity contribution in [1.82, 2.24) is 4.98 Å². The van der Waals surface area contributed by atoms with Gasteiger partial charge in [0.05, 0.1) is 11.9 Å². The highest BCUT2D eigenvalue weighted by Gasteiger charge is 2.10. The molecule has 3 aromatic rings. The number of nitrogens with one attached hydrogen (secondary N) is 1. The lowest BCUT2D eigenvalue weighted by Crippen LogP contribution is -2.18. The SMILES string of the molecule is CC(=O)c1cccc(NC(=O)c2ccc(N(C)Cc3ccccc3)cn2)c1. The molecule has 0 unspecified atom stereocenters. The van der Waals surface area contributed by atoms with Crippen LogP contribution in [0.15, 0.2) is 72.9 Å². The van der Waals surface area contributed by atoms with Gasteiger partial charge in [-0.1, -0.05) is 42.5 Å². The van der Waals surface area contributed by atoms with Crippen molar-refractivity contribution < 1.29 is 9.59 Å². The van der Waals surface area contributed by atoms with Crippen LogP contribution in [0.1, 0.15) is 33.3 Å². The summed E-state index contributed by atoms with van der Waals surface area (Å²) >= 11 is 0. The van der Waals surface area contributed by atoms with Gasteiger partial charge in [0.25, 0.3) is 5.91 Å². The summed E-state index contributed by atoms with van der Waals surface area (Å²) in [6.45, 7) is 2.25. The summed E-state index contributed by atoms with van der Waals surface area (Å²) in [4.78, 5) is 30.2. The van der Waals surface area contributed by atoms with Crippen LogP contribution in [-0.4, -0.2) is 23.7 Å².